The first-order chi connectivity index (χ1) is 8.70. The van der Waals surface area contributed by atoms with Gasteiger partial charge in [0, 0.05) is 17.7 Å². The van der Waals surface area contributed by atoms with Gasteiger partial charge in [0.25, 0.3) is 0 Å². The van der Waals surface area contributed by atoms with Crippen molar-refractivity contribution in [3.05, 3.63) is 28.0 Å². The van der Waals surface area contributed by atoms with E-state index in [1.54, 1.807) is 6.07 Å². The molecule has 5 heteroatoms. The van der Waals surface area contributed by atoms with Gasteiger partial charge in [-0.25, -0.2) is 4.39 Å². The molecule has 1 aliphatic rings. The lowest BCUT2D eigenvalue weighted by Crippen LogP contribution is -2.22. The summed E-state index contributed by atoms with van der Waals surface area (Å²) in [4.78, 5) is 10.9. The normalized spacial score (nSPS) is 16.6. The van der Waals surface area contributed by atoms with Crippen molar-refractivity contribution in [2.45, 2.75) is 12.8 Å². The maximum absolute atomic E-state index is 13.7. The van der Waals surface area contributed by atoms with Gasteiger partial charge in [-0.1, -0.05) is 15.9 Å². The second kappa shape index (κ2) is 6.29. The van der Waals surface area contributed by atoms with Crippen LogP contribution in [-0.2, 0) is 4.74 Å². The first-order valence-corrected chi connectivity index (χ1v) is 6.64. The number of hydrogen-bond acceptors (Lipinski definition) is 3. The van der Waals surface area contributed by atoms with Gasteiger partial charge in [-0.05, 0) is 30.9 Å². The number of carbonyl (C=O) groups is 1. The quantitative estimate of drug-likeness (QED) is 0.800. The van der Waals surface area contributed by atoms with Gasteiger partial charge in [-0.3, -0.25) is 4.79 Å². The number of benzene rings is 1. The van der Waals surface area contributed by atoms with Crippen molar-refractivity contribution in [2.24, 2.45) is 5.92 Å². The van der Waals surface area contributed by atoms with E-state index in [4.69, 9.17) is 9.47 Å². The second-order valence-corrected chi connectivity index (χ2v) is 5.21. The highest BCUT2D eigenvalue weighted by atomic mass is 79.9. The monoisotopic (exact) mass is 316 g/mol. The Morgan fingerprint density at radius 2 is 2.17 bits per heavy atom. The van der Waals surface area contributed by atoms with Crippen molar-refractivity contribution < 1.29 is 18.7 Å². The first kappa shape index (κ1) is 13.5. The molecule has 0 N–H and O–H groups in total. The van der Waals surface area contributed by atoms with E-state index in [0.29, 0.717) is 23.3 Å². The lowest BCUT2D eigenvalue weighted by molar-refractivity contribution is 0.0490. The van der Waals surface area contributed by atoms with Gasteiger partial charge >= 0.3 is 0 Å². The summed E-state index contributed by atoms with van der Waals surface area (Å²) < 4.78 is 25.0. The fraction of sp³-hybridized carbons (Fsp3) is 0.462. The zero-order valence-corrected chi connectivity index (χ0v) is 11.4. The van der Waals surface area contributed by atoms with Crippen molar-refractivity contribution in [1.82, 2.24) is 0 Å². The Kier molecular flexibility index (Phi) is 4.72. The average Bonchev–Trinajstić information content (AvgIpc) is 2.38. The maximum atomic E-state index is 13.7. The van der Waals surface area contributed by atoms with Crippen LogP contribution in [0.3, 0.4) is 0 Å². The van der Waals surface area contributed by atoms with Gasteiger partial charge in [-0.15, -0.1) is 0 Å². The first-order valence-electron chi connectivity index (χ1n) is 5.85. The molecule has 1 heterocycles. The van der Waals surface area contributed by atoms with Crippen LogP contribution in [0.4, 0.5) is 4.39 Å². The van der Waals surface area contributed by atoms with Crippen molar-refractivity contribution in [3.63, 3.8) is 0 Å². The minimum absolute atomic E-state index is 0.0414. The number of hydrogen-bond donors (Lipinski definition) is 0. The number of rotatable bonds is 4. The van der Waals surface area contributed by atoms with Crippen molar-refractivity contribution in [3.8, 4) is 5.75 Å². The predicted octanol–water partition coefficient (Wildman–Crippen LogP) is 3.21. The van der Waals surface area contributed by atoms with Gasteiger partial charge in [0.15, 0.2) is 17.9 Å². The molecule has 1 fully saturated rings. The Balaban J connectivity index is 2.05. The summed E-state index contributed by atoms with van der Waals surface area (Å²) >= 11 is 3.14. The number of aldehydes is 1. The van der Waals surface area contributed by atoms with Crippen LogP contribution in [0.5, 0.6) is 5.75 Å². The molecule has 0 aliphatic carbocycles. The van der Waals surface area contributed by atoms with Crippen LogP contribution >= 0.6 is 15.9 Å². The summed E-state index contributed by atoms with van der Waals surface area (Å²) in [6, 6.07) is 2.85. The Bertz CT molecular complexity index is 430. The average molecular weight is 317 g/mol. The molecule has 0 radical (unpaired) electrons. The third-order valence-electron chi connectivity index (χ3n) is 2.97. The summed E-state index contributed by atoms with van der Waals surface area (Å²) in [5.41, 5.74) is 0.230. The fourth-order valence-electron chi connectivity index (χ4n) is 1.93. The van der Waals surface area contributed by atoms with Crippen LogP contribution in [0, 0.1) is 11.7 Å². The lowest BCUT2D eigenvalue weighted by Gasteiger charge is -2.22. The molecule has 1 aromatic carbocycles. The molecule has 0 unspecified atom stereocenters. The van der Waals surface area contributed by atoms with Gasteiger partial charge in [0.05, 0.1) is 12.2 Å². The molecule has 2 rings (SSSR count). The van der Waals surface area contributed by atoms with Crippen LogP contribution in [-0.4, -0.2) is 26.1 Å². The molecule has 1 saturated heterocycles. The second-order valence-electron chi connectivity index (χ2n) is 4.29. The van der Waals surface area contributed by atoms with E-state index in [2.05, 4.69) is 15.9 Å². The third-order valence-corrected chi connectivity index (χ3v) is 3.43. The molecule has 0 amide bonds. The van der Waals surface area contributed by atoms with Crippen molar-refractivity contribution in [2.75, 3.05) is 19.8 Å². The minimum atomic E-state index is -0.515. The Morgan fingerprint density at radius 1 is 1.44 bits per heavy atom. The van der Waals surface area contributed by atoms with Gasteiger partial charge in [0.2, 0.25) is 0 Å². The SMILES string of the molecule is O=Cc1cc(Br)cc(F)c1OCC1CCOCC1. The highest BCUT2D eigenvalue weighted by molar-refractivity contribution is 9.10. The standard InChI is InChI=1S/C13H14BrFO3/c14-11-5-10(7-16)13(12(15)6-11)18-8-9-1-3-17-4-2-9/h5-7,9H,1-4,8H2. The van der Waals surface area contributed by atoms with Gasteiger partial charge < -0.3 is 9.47 Å². The largest absolute Gasteiger partial charge is 0.489 e. The summed E-state index contributed by atoms with van der Waals surface area (Å²) in [5.74, 6) is -0.112. The molecule has 18 heavy (non-hydrogen) atoms. The molecule has 0 bridgehead atoms. The van der Waals surface area contributed by atoms with Gasteiger partial charge in [-0.2, -0.15) is 0 Å². The third kappa shape index (κ3) is 3.29. The molecule has 0 spiro atoms. The highest BCUT2D eigenvalue weighted by Crippen LogP contribution is 2.27. The Morgan fingerprint density at radius 3 is 2.83 bits per heavy atom. The minimum Gasteiger partial charge on any atom is -0.489 e. The number of carbonyl (C=O) groups excluding carboxylic acids is 1. The van der Waals surface area contributed by atoms with Crippen molar-refractivity contribution in [1.29, 1.82) is 0 Å². The summed E-state index contributed by atoms with van der Waals surface area (Å²) in [5, 5.41) is 0. The molecule has 0 aromatic heterocycles. The smallest absolute Gasteiger partial charge is 0.166 e. The van der Waals surface area contributed by atoms with Crippen LogP contribution in [0.2, 0.25) is 0 Å². The summed E-state index contributed by atoms with van der Waals surface area (Å²) in [7, 11) is 0. The zero-order valence-electron chi connectivity index (χ0n) is 9.83. The molecular weight excluding hydrogens is 303 g/mol. The van der Waals surface area contributed by atoms with E-state index < -0.39 is 5.82 Å². The van der Waals surface area contributed by atoms with Crippen molar-refractivity contribution >= 4 is 22.2 Å². The number of ether oxygens (including phenoxy) is 2. The number of halogens is 2. The summed E-state index contributed by atoms with van der Waals surface area (Å²) in [6.45, 7) is 1.86. The Labute approximate surface area is 113 Å². The maximum Gasteiger partial charge on any atom is 0.166 e. The molecule has 0 saturated carbocycles. The van der Waals surface area contributed by atoms with Crippen LogP contribution in [0.15, 0.2) is 16.6 Å². The summed E-state index contributed by atoms with van der Waals surface area (Å²) in [6.07, 6.45) is 2.43. The van der Waals surface area contributed by atoms with E-state index >= 15 is 0 Å². The van der Waals surface area contributed by atoms with E-state index in [0.717, 1.165) is 26.1 Å². The zero-order chi connectivity index (χ0) is 13.0. The van der Waals surface area contributed by atoms with E-state index in [9.17, 15) is 9.18 Å². The van der Waals surface area contributed by atoms with E-state index in [-0.39, 0.29) is 11.3 Å². The molecule has 98 valence electrons. The van der Waals surface area contributed by atoms with Crippen LogP contribution in [0.1, 0.15) is 23.2 Å². The van der Waals surface area contributed by atoms with Crippen LogP contribution in [0.25, 0.3) is 0 Å². The fourth-order valence-corrected chi connectivity index (χ4v) is 2.38. The van der Waals surface area contributed by atoms with E-state index in [1.807, 2.05) is 0 Å². The molecular formula is C13H14BrFO3. The van der Waals surface area contributed by atoms with E-state index in [1.165, 1.54) is 6.07 Å². The Hall–Kier alpha value is -0.940. The highest BCUT2D eigenvalue weighted by Gasteiger charge is 2.17. The molecule has 0 atom stereocenters. The topological polar surface area (TPSA) is 35.5 Å². The molecule has 1 aliphatic heterocycles. The molecule has 3 nitrogen and oxygen atoms in total. The lowest BCUT2D eigenvalue weighted by atomic mass is 10.0. The molecule has 1 aromatic rings. The van der Waals surface area contributed by atoms with Gasteiger partial charge in [0.1, 0.15) is 0 Å². The predicted molar refractivity (Wildman–Crippen MR) is 68.5 cm³/mol. The van der Waals surface area contributed by atoms with Crippen LogP contribution < -0.4 is 4.74 Å².